The first-order chi connectivity index (χ1) is 11.7. The highest BCUT2D eigenvalue weighted by molar-refractivity contribution is 6.34. The van der Waals surface area contributed by atoms with Crippen molar-refractivity contribution in [3.8, 4) is 0 Å². The molecule has 136 valence electrons. The molecule has 1 aliphatic rings. The van der Waals surface area contributed by atoms with Crippen molar-refractivity contribution >= 4 is 35.1 Å². The summed E-state index contributed by atoms with van der Waals surface area (Å²) in [6.45, 7) is -1.89. The molecule has 1 heterocycles. The summed E-state index contributed by atoms with van der Waals surface area (Å²) in [4.78, 5) is 36.4. The Labute approximate surface area is 145 Å². The molecule has 0 spiro atoms. The smallest absolute Gasteiger partial charge is 0.405 e. The van der Waals surface area contributed by atoms with Gasteiger partial charge < -0.3 is 15.0 Å². The second-order valence-corrected chi connectivity index (χ2v) is 5.69. The van der Waals surface area contributed by atoms with Gasteiger partial charge in [0.1, 0.15) is 6.54 Å². The van der Waals surface area contributed by atoms with Crippen LogP contribution in [-0.2, 0) is 14.3 Å². The van der Waals surface area contributed by atoms with Crippen LogP contribution >= 0.6 is 11.6 Å². The van der Waals surface area contributed by atoms with Crippen LogP contribution in [0.25, 0.3) is 0 Å². The molecule has 0 aromatic heterocycles. The number of rotatable bonds is 5. The minimum atomic E-state index is -4.55. The maximum Gasteiger partial charge on any atom is 0.405 e. The second kappa shape index (κ2) is 7.73. The standard InChI is InChI=1S/C15H14ClF3N2O4/c16-10-4-3-9(6-11(10)21-5-1-2-13(21)23)14(24)25-7-12(22)20-8-15(17,18)19/h3-4,6H,1-2,5,7-8H2,(H,20,22). The Bertz CT molecular complexity index is 694. The van der Waals surface area contributed by atoms with Gasteiger partial charge in [-0.3, -0.25) is 9.59 Å². The molecule has 2 amide bonds. The third kappa shape index (κ3) is 5.35. The van der Waals surface area contributed by atoms with E-state index in [1.807, 2.05) is 0 Å². The number of alkyl halides is 3. The largest absolute Gasteiger partial charge is 0.452 e. The zero-order valence-electron chi connectivity index (χ0n) is 12.9. The molecule has 0 aliphatic carbocycles. The van der Waals surface area contributed by atoms with Gasteiger partial charge in [0, 0.05) is 13.0 Å². The molecule has 25 heavy (non-hydrogen) atoms. The lowest BCUT2D eigenvalue weighted by Gasteiger charge is -2.18. The lowest BCUT2D eigenvalue weighted by atomic mass is 10.2. The Morgan fingerprint density at radius 3 is 2.64 bits per heavy atom. The molecule has 2 rings (SSSR count). The molecule has 1 aromatic rings. The number of hydrogen-bond acceptors (Lipinski definition) is 4. The molecule has 0 saturated carbocycles. The van der Waals surface area contributed by atoms with Crippen LogP contribution in [0.3, 0.4) is 0 Å². The summed E-state index contributed by atoms with van der Waals surface area (Å²) in [6, 6.07) is 4.09. The molecule has 0 unspecified atom stereocenters. The van der Waals surface area contributed by atoms with Crippen molar-refractivity contribution in [3.05, 3.63) is 28.8 Å². The van der Waals surface area contributed by atoms with Crippen LogP contribution in [0.1, 0.15) is 23.2 Å². The maximum absolute atomic E-state index is 12.0. The first kappa shape index (κ1) is 19.0. The molecule has 10 heteroatoms. The van der Waals surface area contributed by atoms with Gasteiger partial charge >= 0.3 is 12.1 Å². The highest BCUT2D eigenvalue weighted by Crippen LogP contribution is 2.30. The number of hydrogen-bond donors (Lipinski definition) is 1. The van der Waals surface area contributed by atoms with E-state index in [1.165, 1.54) is 23.1 Å². The van der Waals surface area contributed by atoms with Gasteiger partial charge in [-0.2, -0.15) is 13.2 Å². The summed E-state index contributed by atoms with van der Waals surface area (Å²) in [5.41, 5.74) is 0.378. The van der Waals surface area contributed by atoms with Crippen molar-refractivity contribution < 1.29 is 32.3 Å². The second-order valence-electron chi connectivity index (χ2n) is 5.28. The number of benzene rings is 1. The van der Waals surface area contributed by atoms with E-state index in [-0.39, 0.29) is 16.5 Å². The van der Waals surface area contributed by atoms with Gasteiger partial charge in [0.05, 0.1) is 16.3 Å². The topological polar surface area (TPSA) is 75.7 Å². The van der Waals surface area contributed by atoms with Crippen molar-refractivity contribution in [1.29, 1.82) is 0 Å². The van der Waals surface area contributed by atoms with Gasteiger partial charge in [0.2, 0.25) is 5.91 Å². The minimum Gasteiger partial charge on any atom is -0.452 e. The summed E-state index contributed by atoms with van der Waals surface area (Å²) in [5, 5.41) is 1.86. The fourth-order valence-electron chi connectivity index (χ4n) is 2.21. The van der Waals surface area contributed by atoms with Crippen LogP contribution in [-0.4, -0.2) is 43.7 Å². The molecule has 1 N–H and O–H groups in total. The number of carbonyl (C=O) groups is 3. The van der Waals surface area contributed by atoms with Crippen LogP contribution in [0.15, 0.2) is 18.2 Å². The van der Waals surface area contributed by atoms with Crippen LogP contribution in [0.5, 0.6) is 0 Å². The van der Waals surface area contributed by atoms with E-state index >= 15 is 0 Å². The SMILES string of the molecule is O=C(COC(=O)c1ccc(Cl)c(N2CCCC2=O)c1)NCC(F)(F)F. The number of amides is 2. The van der Waals surface area contributed by atoms with Crippen molar-refractivity contribution in [3.63, 3.8) is 0 Å². The molecular weight excluding hydrogens is 365 g/mol. The highest BCUT2D eigenvalue weighted by atomic mass is 35.5. The number of nitrogens with one attached hydrogen (secondary N) is 1. The van der Waals surface area contributed by atoms with Gasteiger partial charge in [-0.25, -0.2) is 4.79 Å². The lowest BCUT2D eigenvalue weighted by Crippen LogP contribution is -2.36. The summed E-state index contributed by atoms with van der Waals surface area (Å²) >= 11 is 6.04. The summed E-state index contributed by atoms with van der Waals surface area (Å²) < 4.78 is 40.6. The molecule has 6 nitrogen and oxygen atoms in total. The Morgan fingerprint density at radius 2 is 2.04 bits per heavy atom. The van der Waals surface area contributed by atoms with Crippen LogP contribution < -0.4 is 10.2 Å². The van der Waals surface area contributed by atoms with E-state index < -0.39 is 31.2 Å². The summed E-state index contributed by atoms with van der Waals surface area (Å²) in [6.07, 6.45) is -3.50. The fourth-order valence-corrected chi connectivity index (χ4v) is 2.43. The predicted octanol–water partition coefficient (Wildman–Crippen LogP) is 2.30. The zero-order valence-corrected chi connectivity index (χ0v) is 13.6. The number of anilines is 1. The van der Waals surface area contributed by atoms with Crippen molar-refractivity contribution in [2.45, 2.75) is 19.0 Å². The van der Waals surface area contributed by atoms with E-state index in [2.05, 4.69) is 4.74 Å². The molecular formula is C15H14ClF3N2O4. The summed E-state index contributed by atoms with van der Waals surface area (Å²) in [5.74, 6) is -2.11. The van der Waals surface area contributed by atoms with E-state index in [0.717, 1.165) is 0 Å². The summed E-state index contributed by atoms with van der Waals surface area (Å²) in [7, 11) is 0. The highest BCUT2D eigenvalue weighted by Gasteiger charge is 2.28. The third-order valence-corrected chi connectivity index (χ3v) is 3.69. The molecule has 1 aromatic carbocycles. The van der Waals surface area contributed by atoms with Gasteiger partial charge in [0.25, 0.3) is 5.91 Å². The monoisotopic (exact) mass is 378 g/mol. The predicted molar refractivity (Wildman–Crippen MR) is 82.4 cm³/mol. The van der Waals surface area contributed by atoms with Crippen molar-refractivity contribution in [1.82, 2.24) is 5.32 Å². The maximum atomic E-state index is 12.0. The van der Waals surface area contributed by atoms with Gasteiger partial charge in [-0.1, -0.05) is 11.6 Å². The molecule has 0 atom stereocenters. The first-order valence-corrected chi connectivity index (χ1v) is 7.65. The first-order valence-electron chi connectivity index (χ1n) is 7.28. The molecule has 1 saturated heterocycles. The van der Waals surface area contributed by atoms with E-state index in [9.17, 15) is 27.6 Å². The fraction of sp³-hybridized carbons (Fsp3) is 0.400. The Balaban J connectivity index is 1.98. The van der Waals surface area contributed by atoms with Crippen LogP contribution in [0.2, 0.25) is 5.02 Å². The van der Waals surface area contributed by atoms with Crippen molar-refractivity contribution in [2.24, 2.45) is 0 Å². The number of esters is 1. The normalized spacial score (nSPS) is 14.6. The van der Waals surface area contributed by atoms with Gasteiger partial charge in [-0.15, -0.1) is 0 Å². The number of halogens is 4. The van der Waals surface area contributed by atoms with E-state index in [1.54, 1.807) is 5.32 Å². The average molecular weight is 379 g/mol. The molecule has 1 fully saturated rings. The average Bonchev–Trinajstić information content (AvgIpc) is 2.96. The van der Waals surface area contributed by atoms with Gasteiger partial charge in [-0.05, 0) is 24.6 Å². The Kier molecular flexibility index (Phi) is 5.89. The number of ether oxygens (including phenoxy) is 1. The lowest BCUT2D eigenvalue weighted by molar-refractivity contribution is -0.140. The Hall–Kier alpha value is -2.29. The minimum absolute atomic E-state index is 0.0303. The molecule has 0 bridgehead atoms. The third-order valence-electron chi connectivity index (χ3n) is 3.37. The number of nitrogens with zero attached hydrogens (tertiary/aromatic N) is 1. The zero-order chi connectivity index (χ0) is 18.6. The van der Waals surface area contributed by atoms with Crippen molar-refractivity contribution in [2.75, 3.05) is 24.6 Å². The van der Waals surface area contributed by atoms with Gasteiger partial charge in [0.15, 0.2) is 6.61 Å². The molecule has 1 aliphatic heterocycles. The number of carbonyl (C=O) groups excluding carboxylic acids is 3. The molecule has 0 radical (unpaired) electrons. The van der Waals surface area contributed by atoms with E-state index in [0.29, 0.717) is 25.1 Å². The van der Waals surface area contributed by atoms with Crippen LogP contribution in [0.4, 0.5) is 18.9 Å². The van der Waals surface area contributed by atoms with Crippen LogP contribution in [0, 0.1) is 0 Å². The Morgan fingerprint density at radius 1 is 1.32 bits per heavy atom. The quantitative estimate of drug-likeness (QED) is 0.798. The van der Waals surface area contributed by atoms with E-state index in [4.69, 9.17) is 11.6 Å².